The summed E-state index contributed by atoms with van der Waals surface area (Å²) in [5.41, 5.74) is 3.54. The van der Waals surface area contributed by atoms with E-state index in [9.17, 15) is 0 Å². The van der Waals surface area contributed by atoms with Crippen molar-refractivity contribution in [1.82, 2.24) is 0 Å². The summed E-state index contributed by atoms with van der Waals surface area (Å²) in [5, 5.41) is 4.99. The summed E-state index contributed by atoms with van der Waals surface area (Å²) in [4.78, 5) is 2.37. The summed E-state index contributed by atoms with van der Waals surface area (Å²) in [6.07, 6.45) is 0. The first-order chi connectivity index (χ1) is 13.4. The first-order valence-corrected chi connectivity index (χ1v) is 9.22. The molecule has 5 rings (SSSR count). The SMILES string of the molecule is c1ccc(N(c2cccc3ccccc23)c2cccc3ccccc23)cc1. The second kappa shape index (κ2) is 6.62. The van der Waals surface area contributed by atoms with Gasteiger partial charge in [-0.15, -0.1) is 0 Å². The summed E-state index contributed by atoms with van der Waals surface area (Å²) in [7, 11) is 0. The molecule has 0 bridgehead atoms. The topological polar surface area (TPSA) is 3.24 Å². The van der Waals surface area contributed by atoms with Crippen molar-refractivity contribution < 1.29 is 0 Å². The van der Waals surface area contributed by atoms with E-state index in [0.717, 1.165) is 5.69 Å². The van der Waals surface area contributed by atoms with Crippen LogP contribution in [0.1, 0.15) is 0 Å². The van der Waals surface area contributed by atoms with Crippen LogP contribution in [-0.2, 0) is 0 Å². The van der Waals surface area contributed by atoms with Gasteiger partial charge in [0.2, 0.25) is 0 Å². The highest BCUT2D eigenvalue weighted by molar-refractivity contribution is 6.04. The zero-order valence-electron chi connectivity index (χ0n) is 14.9. The summed E-state index contributed by atoms with van der Waals surface area (Å²) in [6.45, 7) is 0. The highest BCUT2D eigenvalue weighted by Crippen LogP contribution is 2.41. The molecule has 0 saturated heterocycles. The molecule has 5 aromatic carbocycles. The average molecular weight is 345 g/mol. The molecule has 0 saturated carbocycles. The lowest BCUT2D eigenvalue weighted by molar-refractivity contribution is 1.31. The first-order valence-electron chi connectivity index (χ1n) is 9.22. The van der Waals surface area contributed by atoms with E-state index in [1.54, 1.807) is 0 Å². The number of hydrogen-bond donors (Lipinski definition) is 0. The van der Waals surface area contributed by atoms with E-state index < -0.39 is 0 Å². The molecule has 128 valence electrons. The Balaban J connectivity index is 1.85. The molecule has 0 aliphatic carbocycles. The fourth-order valence-corrected chi connectivity index (χ4v) is 3.79. The van der Waals surface area contributed by atoms with Gasteiger partial charge >= 0.3 is 0 Å². The van der Waals surface area contributed by atoms with Crippen LogP contribution in [0.4, 0.5) is 17.1 Å². The maximum absolute atomic E-state index is 2.37. The highest BCUT2D eigenvalue weighted by atomic mass is 15.1. The Morgan fingerprint density at radius 2 is 0.815 bits per heavy atom. The summed E-state index contributed by atoms with van der Waals surface area (Å²) >= 11 is 0. The van der Waals surface area contributed by atoms with Gasteiger partial charge < -0.3 is 4.90 Å². The highest BCUT2D eigenvalue weighted by Gasteiger charge is 2.16. The summed E-state index contributed by atoms with van der Waals surface area (Å²) < 4.78 is 0. The van der Waals surface area contributed by atoms with Gasteiger partial charge in [-0.2, -0.15) is 0 Å². The molecular weight excluding hydrogens is 326 g/mol. The van der Waals surface area contributed by atoms with E-state index >= 15 is 0 Å². The van der Waals surface area contributed by atoms with Crippen LogP contribution in [0, 0.1) is 0 Å². The molecule has 0 N–H and O–H groups in total. The van der Waals surface area contributed by atoms with Crippen molar-refractivity contribution in [2.75, 3.05) is 4.90 Å². The van der Waals surface area contributed by atoms with Gasteiger partial charge in [-0.1, -0.05) is 91.0 Å². The van der Waals surface area contributed by atoms with Crippen LogP contribution in [0.15, 0.2) is 115 Å². The molecule has 0 fully saturated rings. The number of rotatable bonds is 3. The van der Waals surface area contributed by atoms with Gasteiger partial charge in [0.1, 0.15) is 0 Å². The molecule has 0 aliphatic heterocycles. The van der Waals surface area contributed by atoms with Crippen LogP contribution >= 0.6 is 0 Å². The van der Waals surface area contributed by atoms with E-state index in [1.807, 2.05) is 0 Å². The van der Waals surface area contributed by atoms with Crippen molar-refractivity contribution in [3.8, 4) is 0 Å². The second-order valence-electron chi connectivity index (χ2n) is 6.67. The molecule has 0 amide bonds. The number of benzene rings is 5. The van der Waals surface area contributed by atoms with Crippen molar-refractivity contribution >= 4 is 38.6 Å². The van der Waals surface area contributed by atoms with Crippen LogP contribution in [0.3, 0.4) is 0 Å². The summed E-state index contributed by atoms with van der Waals surface area (Å²) in [5.74, 6) is 0. The van der Waals surface area contributed by atoms with Gasteiger partial charge in [-0.25, -0.2) is 0 Å². The largest absolute Gasteiger partial charge is 0.309 e. The number of fused-ring (bicyclic) bond motifs is 2. The molecule has 0 unspecified atom stereocenters. The van der Waals surface area contributed by atoms with Gasteiger partial charge in [0.15, 0.2) is 0 Å². The van der Waals surface area contributed by atoms with Gasteiger partial charge in [0.05, 0.1) is 11.4 Å². The predicted octanol–water partition coefficient (Wildman–Crippen LogP) is 7.46. The minimum atomic E-state index is 1.16. The quantitative estimate of drug-likeness (QED) is 0.328. The van der Waals surface area contributed by atoms with Gasteiger partial charge in [-0.05, 0) is 35.0 Å². The number of para-hydroxylation sites is 1. The van der Waals surface area contributed by atoms with Crippen LogP contribution in [-0.4, -0.2) is 0 Å². The van der Waals surface area contributed by atoms with Crippen molar-refractivity contribution in [1.29, 1.82) is 0 Å². The summed E-state index contributed by atoms with van der Waals surface area (Å²) in [6, 6.07) is 40.8. The van der Waals surface area contributed by atoms with Crippen LogP contribution < -0.4 is 4.90 Å². The maximum Gasteiger partial charge on any atom is 0.0540 e. The molecule has 0 radical (unpaired) electrons. The lowest BCUT2D eigenvalue weighted by Gasteiger charge is -2.28. The Hall–Kier alpha value is -3.58. The maximum atomic E-state index is 2.37. The third-order valence-electron chi connectivity index (χ3n) is 5.03. The molecular formula is C26H19N. The van der Waals surface area contributed by atoms with Crippen LogP contribution in [0.25, 0.3) is 21.5 Å². The Labute approximate surface area is 159 Å². The van der Waals surface area contributed by atoms with E-state index in [0.29, 0.717) is 0 Å². The molecule has 0 spiro atoms. The van der Waals surface area contributed by atoms with Gasteiger partial charge in [0, 0.05) is 16.5 Å². The Morgan fingerprint density at radius 1 is 0.370 bits per heavy atom. The normalized spacial score (nSPS) is 11.0. The standard InChI is InChI=1S/C26H19N/c1-2-14-22(15-3-1)27(25-18-8-12-20-10-4-6-16-23(20)25)26-19-9-13-21-11-5-7-17-24(21)26/h1-19H. The van der Waals surface area contributed by atoms with Crippen molar-refractivity contribution in [2.45, 2.75) is 0 Å². The zero-order valence-corrected chi connectivity index (χ0v) is 14.9. The molecule has 1 nitrogen and oxygen atoms in total. The van der Waals surface area contributed by atoms with Crippen LogP contribution in [0.5, 0.6) is 0 Å². The molecule has 1 heteroatoms. The Bertz CT molecular complexity index is 1130. The Kier molecular flexibility index (Phi) is 3.84. The van der Waals surface area contributed by atoms with Crippen molar-refractivity contribution in [3.63, 3.8) is 0 Å². The van der Waals surface area contributed by atoms with E-state index in [-0.39, 0.29) is 0 Å². The van der Waals surface area contributed by atoms with E-state index in [1.165, 1.54) is 32.9 Å². The zero-order chi connectivity index (χ0) is 18.1. The monoisotopic (exact) mass is 345 g/mol. The minimum Gasteiger partial charge on any atom is -0.309 e. The fourth-order valence-electron chi connectivity index (χ4n) is 3.79. The molecule has 5 aromatic rings. The van der Waals surface area contributed by atoms with Gasteiger partial charge in [0.25, 0.3) is 0 Å². The molecule has 0 atom stereocenters. The average Bonchev–Trinajstić information content (AvgIpc) is 2.75. The fraction of sp³-hybridized carbons (Fsp3) is 0. The van der Waals surface area contributed by atoms with Gasteiger partial charge in [-0.3, -0.25) is 0 Å². The van der Waals surface area contributed by atoms with Crippen molar-refractivity contribution in [3.05, 3.63) is 115 Å². The first kappa shape index (κ1) is 15.7. The molecule has 27 heavy (non-hydrogen) atoms. The predicted molar refractivity (Wildman–Crippen MR) is 116 cm³/mol. The number of nitrogens with zero attached hydrogens (tertiary/aromatic N) is 1. The minimum absolute atomic E-state index is 1.16. The third-order valence-corrected chi connectivity index (χ3v) is 5.03. The molecule has 0 aromatic heterocycles. The number of hydrogen-bond acceptors (Lipinski definition) is 1. The lowest BCUT2D eigenvalue weighted by atomic mass is 10.0. The molecule has 0 heterocycles. The van der Waals surface area contributed by atoms with E-state index in [2.05, 4.69) is 120 Å². The molecule has 0 aliphatic rings. The Morgan fingerprint density at radius 3 is 1.37 bits per heavy atom. The van der Waals surface area contributed by atoms with Crippen molar-refractivity contribution in [2.24, 2.45) is 0 Å². The van der Waals surface area contributed by atoms with E-state index in [4.69, 9.17) is 0 Å². The smallest absolute Gasteiger partial charge is 0.0540 e. The van der Waals surface area contributed by atoms with Crippen LogP contribution in [0.2, 0.25) is 0 Å². The number of anilines is 3. The second-order valence-corrected chi connectivity index (χ2v) is 6.67. The third kappa shape index (κ3) is 2.74. The lowest BCUT2D eigenvalue weighted by Crippen LogP contribution is -2.10.